The van der Waals surface area contributed by atoms with E-state index in [1.807, 2.05) is 0 Å². The van der Waals surface area contributed by atoms with Crippen LogP contribution in [0.5, 0.6) is 0 Å². The Morgan fingerprint density at radius 2 is 1.46 bits per heavy atom. The molecular weight excluding hydrogens is 357 g/mol. The smallest absolute Gasteiger partial charge is 0.267 e. The van der Waals surface area contributed by atoms with Crippen LogP contribution in [-0.2, 0) is 10.0 Å². The molecule has 0 aromatic heterocycles. The van der Waals surface area contributed by atoms with Gasteiger partial charge < -0.3 is 5.11 Å². The van der Waals surface area contributed by atoms with Crippen LogP contribution in [0.25, 0.3) is 0 Å². The lowest BCUT2D eigenvalue weighted by atomic mass is 10.1. The molecule has 2 N–H and O–H groups in total. The molecule has 0 aliphatic carbocycles. The van der Waals surface area contributed by atoms with E-state index in [4.69, 9.17) is 0 Å². The standard InChI is InChI=1S/C14H10F5NO3S/c1-6(21)7-3-2-4-8(5-7)20-24(22,23)14-12(18)10(16)9(15)11(17)13(14)19/h2-6,20-21H,1H3. The quantitative estimate of drug-likeness (QED) is 0.495. The number of nitrogens with one attached hydrogen (secondary N) is 1. The van der Waals surface area contributed by atoms with Crippen molar-refractivity contribution < 1.29 is 35.5 Å². The average molecular weight is 367 g/mol. The number of rotatable bonds is 4. The first-order valence-electron chi connectivity index (χ1n) is 6.38. The number of aliphatic hydroxyl groups excluding tert-OH is 1. The Kier molecular flexibility index (Phi) is 4.81. The van der Waals surface area contributed by atoms with Gasteiger partial charge in [0.05, 0.1) is 6.10 Å². The highest BCUT2D eigenvalue weighted by Gasteiger charge is 2.33. The Morgan fingerprint density at radius 1 is 0.958 bits per heavy atom. The molecule has 2 aromatic carbocycles. The van der Waals surface area contributed by atoms with Gasteiger partial charge in [0.1, 0.15) is 0 Å². The van der Waals surface area contributed by atoms with E-state index in [1.54, 1.807) is 4.72 Å². The molecule has 0 aliphatic rings. The molecule has 0 saturated heterocycles. The third-order valence-electron chi connectivity index (χ3n) is 3.06. The predicted molar refractivity (Wildman–Crippen MR) is 74.1 cm³/mol. The maximum Gasteiger partial charge on any atom is 0.267 e. The van der Waals surface area contributed by atoms with Crippen molar-refractivity contribution in [2.45, 2.75) is 17.9 Å². The Labute approximate surface area is 133 Å². The molecule has 1 unspecified atom stereocenters. The highest BCUT2D eigenvalue weighted by Crippen LogP contribution is 2.28. The van der Waals surface area contributed by atoms with Gasteiger partial charge in [-0.2, -0.15) is 0 Å². The zero-order valence-electron chi connectivity index (χ0n) is 11.9. The van der Waals surface area contributed by atoms with E-state index in [9.17, 15) is 35.5 Å². The molecule has 1 atom stereocenters. The number of anilines is 1. The Morgan fingerprint density at radius 3 is 1.96 bits per heavy atom. The van der Waals surface area contributed by atoms with Crippen LogP contribution in [0, 0.1) is 29.1 Å². The van der Waals surface area contributed by atoms with Crippen molar-refractivity contribution in [2.24, 2.45) is 0 Å². The summed E-state index contributed by atoms with van der Waals surface area (Å²) >= 11 is 0. The van der Waals surface area contributed by atoms with Gasteiger partial charge in [-0.05, 0) is 24.6 Å². The molecule has 130 valence electrons. The lowest BCUT2D eigenvalue weighted by Gasteiger charge is -2.12. The van der Waals surface area contributed by atoms with Crippen molar-refractivity contribution in [1.29, 1.82) is 0 Å². The van der Waals surface area contributed by atoms with E-state index < -0.39 is 50.1 Å². The van der Waals surface area contributed by atoms with Crippen LogP contribution in [0.15, 0.2) is 29.2 Å². The molecule has 2 aromatic rings. The summed E-state index contributed by atoms with van der Waals surface area (Å²) < 4.78 is 92.3. The van der Waals surface area contributed by atoms with Gasteiger partial charge >= 0.3 is 0 Å². The molecular formula is C14H10F5NO3S. The van der Waals surface area contributed by atoms with Gasteiger partial charge in [-0.25, -0.2) is 30.4 Å². The highest BCUT2D eigenvalue weighted by molar-refractivity contribution is 7.92. The molecule has 4 nitrogen and oxygen atoms in total. The van der Waals surface area contributed by atoms with Crippen LogP contribution in [0.3, 0.4) is 0 Å². The maximum atomic E-state index is 13.6. The molecule has 0 radical (unpaired) electrons. The third kappa shape index (κ3) is 3.20. The zero-order valence-corrected chi connectivity index (χ0v) is 12.8. The Balaban J connectivity index is 2.55. The first-order valence-corrected chi connectivity index (χ1v) is 7.87. The van der Waals surface area contributed by atoms with Crippen molar-refractivity contribution in [2.75, 3.05) is 4.72 Å². The van der Waals surface area contributed by atoms with E-state index in [0.717, 1.165) is 6.07 Å². The number of halogens is 5. The highest BCUT2D eigenvalue weighted by atomic mass is 32.2. The van der Waals surface area contributed by atoms with Gasteiger partial charge in [0.2, 0.25) is 5.82 Å². The van der Waals surface area contributed by atoms with Crippen LogP contribution in [0.1, 0.15) is 18.6 Å². The molecule has 2 rings (SSSR count). The van der Waals surface area contributed by atoms with Crippen molar-refractivity contribution in [3.63, 3.8) is 0 Å². The minimum atomic E-state index is -5.11. The molecule has 0 amide bonds. The second-order valence-electron chi connectivity index (χ2n) is 4.81. The van der Waals surface area contributed by atoms with Crippen LogP contribution in [0.4, 0.5) is 27.6 Å². The zero-order chi connectivity index (χ0) is 18.2. The first kappa shape index (κ1) is 18.1. The van der Waals surface area contributed by atoms with E-state index in [0.29, 0.717) is 0 Å². The Bertz CT molecular complexity index is 871. The normalized spacial score (nSPS) is 13.0. The van der Waals surface area contributed by atoms with E-state index >= 15 is 0 Å². The number of aliphatic hydroxyl groups is 1. The van der Waals surface area contributed by atoms with Crippen molar-refractivity contribution in [1.82, 2.24) is 0 Å². The van der Waals surface area contributed by atoms with Gasteiger partial charge in [-0.15, -0.1) is 0 Å². The van der Waals surface area contributed by atoms with Crippen LogP contribution in [-0.4, -0.2) is 13.5 Å². The van der Waals surface area contributed by atoms with Gasteiger partial charge in [-0.3, -0.25) is 4.72 Å². The summed E-state index contributed by atoms with van der Waals surface area (Å²) in [6.45, 7) is 1.39. The van der Waals surface area contributed by atoms with E-state index in [1.165, 1.54) is 25.1 Å². The van der Waals surface area contributed by atoms with Crippen LogP contribution >= 0.6 is 0 Å². The summed E-state index contributed by atoms with van der Waals surface area (Å²) in [5, 5.41) is 9.42. The molecule has 0 fully saturated rings. The van der Waals surface area contributed by atoms with Gasteiger partial charge in [0.15, 0.2) is 28.2 Å². The van der Waals surface area contributed by atoms with Crippen LogP contribution < -0.4 is 4.72 Å². The topological polar surface area (TPSA) is 66.4 Å². The molecule has 0 saturated carbocycles. The fourth-order valence-electron chi connectivity index (χ4n) is 1.89. The minimum Gasteiger partial charge on any atom is -0.389 e. The van der Waals surface area contributed by atoms with Crippen molar-refractivity contribution >= 4 is 15.7 Å². The molecule has 0 aliphatic heterocycles. The second-order valence-corrected chi connectivity index (χ2v) is 6.43. The number of hydrogen-bond acceptors (Lipinski definition) is 3. The number of sulfonamides is 1. The van der Waals surface area contributed by atoms with E-state index in [-0.39, 0.29) is 11.3 Å². The molecule has 24 heavy (non-hydrogen) atoms. The molecule has 0 spiro atoms. The lowest BCUT2D eigenvalue weighted by molar-refractivity contribution is 0.199. The average Bonchev–Trinajstić information content (AvgIpc) is 2.50. The van der Waals surface area contributed by atoms with Crippen molar-refractivity contribution in [3.8, 4) is 0 Å². The lowest BCUT2D eigenvalue weighted by Crippen LogP contribution is -2.19. The van der Waals surface area contributed by atoms with E-state index in [2.05, 4.69) is 0 Å². The minimum absolute atomic E-state index is 0.225. The monoisotopic (exact) mass is 367 g/mol. The van der Waals surface area contributed by atoms with Gasteiger partial charge in [0, 0.05) is 5.69 Å². The summed E-state index contributed by atoms with van der Waals surface area (Å²) in [7, 11) is -5.11. The molecule has 10 heteroatoms. The third-order valence-corrected chi connectivity index (χ3v) is 4.46. The summed E-state index contributed by atoms with van der Waals surface area (Å²) in [4.78, 5) is -1.98. The summed E-state index contributed by atoms with van der Waals surface area (Å²) in [5.41, 5.74) is 0.0463. The largest absolute Gasteiger partial charge is 0.389 e. The number of hydrogen-bond donors (Lipinski definition) is 2. The number of benzene rings is 2. The SMILES string of the molecule is CC(O)c1cccc(NS(=O)(=O)c2c(F)c(F)c(F)c(F)c2F)c1. The summed E-state index contributed by atoms with van der Waals surface area (Å²) in [6, 6.07) is 5.10. The van der Waals surface area contributed by atoms with Crippen LogP contribution in [0.2, 0.25) is 0 Å². The maximum absolute atomic E-state index is 13.6. The van der Waals surface area contributed by atoms with Gasteiger partial charge in [0.25, 0.3) is 10.0 Å². The fourth-order valence-corrected chi connectivity index (χ4v) is 3.08. The van der Waals surface area contributed by atoms with Gasteiger partial charge in [-0.1, -0.05) is 12.1 Å². The summed E-state index contributed by atoms with van der Waals surface area (Å²) in [6.07, 6.45) is -0.969. The molecule has 0 bridgehead atoms. The summed E-state index contributed by atoms with van der Waals surface area (Å²) in [5.74, 6) is -12.1. The fraction of sp³-hybridized carbons (Fsp3) is 0.143. The molecule has 0 heterocycles. The Hall–Kier alpha value is -2.20. The van der Waals surface area contributed by atoms with Crippen molar-refractivity contribution in [3.05, 3.63) is 58.9 Å². The predicted octanol–water partition coefficient (Wildman–Crippen LogP) is 3.24. The second kappa shape index (κ2) is 6.36. The first-order chi connectivity index (χ1) is 11.1.